The van der Waals surface area contributed by atoms with Crippen molar-refractivity contribution in [3.8, 4) is 5.75 Å². The van der Waals surface area contributed by atoms with E-state index in [-0.39, 0.29) is 28.8 Å². The number of carbonyl (C=O) groups is 1. The number of nitrogens with zero attached hydrogens (tertiary/aromatic N) is 2. The molecule has 0 aromatic heterocycles. The van der Waals surface area contributed by atoms with Crippen LogP contribution in [0.4, 0.5) is 10.1 Å². The van der Waals surface area contributed by atoms with Crippen LogP contribution in [0.15, 0.2) is 34.0 Å². The van der Waals surface area contributed by atoms with Crippen LogP contribution >= 0.6 is 11.8 Å². The Kier molecular flexibility index (Phi) is 7.22. The Morgan fingerprint density at radius 2 is 2.00 bits per heavy atom. The molecule has 7 nitrogen and oxygen atoms in total. The van der Waals surface area contributed by atoms with Crippen LogP contribution in [0.3, 0.4) is 0 Å². The van der Waals surface area contributed by atoms with Crippen LogP contribution in [0, 0.1) is 5.92 Å². The summed E-state index contributed by atoms with van der Waals surface area (Å²) in [6, 6.07) is 3.19. The summed E-state index contributed by atoms with van der Waals surface area (Å²) in [5, 5.41) is 0. The summed E-state index contributed by atoms with van der Waals surface area (Å²) < 4.78 is 53.2. The van der Waals surface area contributed by atoms with E-state index < -0.39 is 21.8 Å². The van der Waals surface area contributed by atoms with Gasteiger partial charge in [0.15, 0.2) is 0 Å². The summed E-state index contributed by atoms with van der Waals surface area (Å²) in [7, 11) is -2.16. The highest BCUT2D eigenvalue weighted by Gasteiger charge is 2.61. The minimum Gasteiger partial charge on any atom is -0.461 e. The van der Waals surface area contributed by atoms with Crippen LogP contribution < -0.4 is 9.64 Å². The molecule has 0 saturated heterocycles. The number of sulfonamides is 1. The summed E-state index contributed by atoms with van der Waals surface area (Å²) in [4.78, 5) is 14.8. The number of thioether (sulfide) groups is 1. The Morgan fingerprint density at radius 3 is 2.56 bits per heavy atom. The Balaban J connectivity index is 1.77. The molecule has 5 rings (SSSR count). The third kappa shape index (κ3) is 4.33. The second-order valence-corrected chi connectivity index (χ2v) is 12.2. The smallest absolute Gasteiger partial charge is 0.370 e. The van der Waals surface area contributed by atoms with Gasteiger partial charge in [-0.05, 0) is 50.8 Å². The first kappa shape index (κ1) is 25.3. The van der Waals surface area contributed by atoms with Crippen LogP contribution in [0.5, 0.6) is 5.75 Å². The Bertz CT molecular complexity index is 1070. The van der Waals surface area contributed by atoms with Crippen molar-refractivity contribution in [1.82, 2.24) is 4.31 Å². The molecular weight excluding hydrogens is 479 g/mol. The molecule has 4 aliphatic rings. The van der Waals surface area contributed by atoms with E-state index in [1.54, 1.807) is 14.0 Å². The van der Waals surface area contributed by atoms with Gasteiger partial charge < -0.3 is 14.4 Å². The number of carbonyl (C=O) groups excluding carboxylic acids is 1. The van der Waals surface area contributed by atoms with Crippen molar-refractivity contribution in [2.75, 3.05) is 31.4 Å². The molecule has 0 spiro atoms. The summed E-state index contributed by atoms with van der Waals surface area (Å²) in [5.74, 6) is -1.37. The number of anilines is 1. The largest absolute Gasteiger partial charge is 0.461 e. The molecule has 1 heterocycles. The Morgan fingerprint density at radius 1 is 1.29 bits per heavy atom. The molecule has 1 aliphatic heterocycles. The predicted octanol–water partition coefficient (Wildman–Crippen LogP) is 4.71. The first-order chi connectivity index (χ1) is 16.2. The van der Waals surface area contributed by atoms with E-state index in [1.807, 2.05) is 12.3 Å². The van der Waals surface area contributed by atoms with E-state index in [0.29, 0.717) is 23.4 Å². The number of hydrogen-bond donors (Lipinski definition) is 0. The van der Waals surface area contributed by atoms with Crippen molar-refractivity contribution >= 4 is 33.4 Å². The normalized spacial score (nSPS) is 27.8. The maximum Gasteiger partial charge on any atom is 0.370 e. The highest BCUT2D eigenvalue weighted by atomic mass is 32.2. The van der Waals surface area contributed by atoms with Crippen LogP contribution in [0.2, 0.25) is 0 Å². The van der Waals surface area contributed by atoms with E-state index in [0.717, 1.165) is 44.4 Å². The van der Waals surface area contributed by atoms with Crippen molar-refractivity contribution < 1.29 is 27.1 Å². The molecule has 1 aromatic rings. The molecule has 188 valence electrons. The molecule has 10 heteroatoms. The van der Waals surface area contributed by atoms with Crippen molar-refractivity contribution in [3.05, 3.63) is 24.2 Å². The van der Waals surface area contributed by atoms with Gasteiger partial charge in [-0.15, -0.1) is 11.8 Å². The zero-order chi connectivity index (χ0) is 24.7. The van der Waals surface area contributed by atoms with E-state index in [1.165, 1.54) is 22.1 Å². The van der Waals surface area contributed by atoms with Gasteiger partial charge in [0.2, 0.25) is 15.9 Å². The third-order valence-electron chi connectivity index (χ3n) is 7.33. The number of esters is 1. The fourth-order valence-corrected chi connectivity index (χ4v) is 7.37. The van der Waals surface area contributed by atoms with Crippen molar-refractivity contribution in [2.45, 2.75) is 73.7 Å². The number of halogens is 1. The Labute approximate surface area is 205 Å². The average molecular weight is 513 g/mol. The molecule has 3 aliphatic carbocycles. The summed E-state index contributed by atoms with van der Waals surface area (Å²) in [6.45, 7) is 4.38. The molecule has 0 amide bonds. The van der Waals surface area contributed by atoms with Gasteiger partial charge in [0.1, 0.15) is 16.9 Å². The van der Waals surface area contributed by atoms with Crippen molar-refractivity contribution in [3.63, 3.8) is 0 Å². The van der Waals surface area contributed by atoms with Gasteiger partial charge in [0.05, 0.1) is 17.2 Å². The second kappa shape index (κ2) is 9.70. The van der Waals surface area contributed by atoms with Gasteiger partial charge in [-0.2, -0.15) is 8.70 Å². The average Bonchev–Trinajstić information content (AvgIpc) is 2.82. The number of ether oxygens (including phenoxy) is 2. The quantitative estimate of drug-likeness (QED) is 0.205. The van der Waals surface area contributed by atoms with Crippen LogP contribution in [0.25, 0.3) is 0 Å². The molecule has 34 heavy (non-hydrogen) atoms. The third-order valence-corrected chi connectivity index (χ3v) is 10.0. The van der Waals surface area contributed by atoms with Crippen LogP contribution in [0.1, 0.15) is 52.4 Å². The SMILES string of the molecule is CCCCC1CN(C23CC(C2)C3)c2cc(SC)c(O/C=C(\F)C(=O)OCC)cc2S(=O)(=O)N1C. The minimum absolute atomic E-state index is 0.0263. The summed E-state index contributed by atoms with van der Waals surface area (Å²) in [5.41, 5.74) is 0.717. The lowest BCUT2D eigenvalue weighted by Gasteiger charge is -2.67. The molecule has 3 saturated carbocycles. The fourth-order valence-electron chi connectivity index (χ4n) is 5.26. The van der Waals surface area contributed by atoms with Gasteiger partial charge in [-0.1, -0.05) is 19.8 Å². The molecule has 1 aromatic carbocycles. The van der Waals surface area contributed by atoms with Crippen LogP contribution in [-0.2, 0) is 19.6 Å². The maximum atomic E-state index is 14.1. The van der Waals surface area contributed by atoms with E-state index >= 15 is 0 Å². The second-order valence-electron chi connectivity index (χ2n) is 9.41. The van der Waals surface area contributed by atoms with Gasteiger partial charge in [-0.3, -0.25) is 0 Å². The number of fused-ring (bicyclic) bond motifs is 1. The molecule has 1 atom stereocenters. The van der Waals surface area contributed by atoms with Gasteiger partial charge in [0, 0.05) is 31.2 Å². The first-order valence-electron chi connectivity index (χ1n) is 11.8. The molecule has 3 fully saturated rings. The number of benzene rings is 1. The van der Waals surface area contributed by atoms with E-state index in [4.69, 9.17) is 4.74 Å². The van der Waals surface area contributed by atoms with E-state index in [2.05, 4.69) is 16.6 Å². The zero-order valence-corrected chi connectivity index (χ0v) is 21.8. The van der Waals surface area contributed by atoms with Crippen molar-refractivity contribution in [2.24, 2.45) is 5.92 Å². The lowest BCUT2D eigenvalue weighted by Crippen LogP contribution is -2.69. The number of hydrogen-bond acceptors (Lipinski definition) is 7. The van der Waals surface area contributed by atoms with Gasteiger partial charge in [0.25, 0.3) is 0 Å². The predicted molar refractivity (Wildman–Crippen MR) is 130 cm³/mol. The zero-order valence-electron chi connectivity index (χ0n) is 20.2. The van der Waals surface area contributed by atoms with Gasteiger partial charge >= 0.3 is 5.97 Å². The molecular formula is C24H33FN2O5S2. The van der Waals surface area contributed by atoms with E-state index in [9.17, 15) is 17.6 Å². The standard InChI is InChI=1S/C24H33FN2O5S2/c1-5-7-8-17-14-27(24-11-16(12-24)13-24)19-9-21(33-4)20(10-22(19)34(29,30)26(17)3)32-15-18(25)23(28)31-6-2/h9-10,15-17H,5-8,11-14H2,1-4H3/b18-15-. The summed E-state index contributed by atoms with van der Waals surface area (Å²) >= 11 is 1.38. The monoisotopic (exact) mass is 512 g/mol. The number of unbranched alkanes of at least 4 members (excludes halogenated alkanes) is 1. The number of likely N-dealkylation sites (N-methyl/N-ethyl adjacent to an activating group) is 1. The number of rotatable bonds is 9. The lowest BCUT2D eigenvalue weighted by molar-refractivity contribution is -0.140. The topological polar surface area (TPSA) is 76.1 Å². The first-order valence-corrected chi connectivity index (χ1v) is 14.5. The molecule has 1 unspecified atom stereocenters. The highest BCUT2D eigenvalue weighted by molar-refractivity contribution is 7.98. The fraction of sp³-hybridized carbons (Fsp3) is 0.625. The minimum atomic E-state index is -3.81. The Hall–Kier alpha value is -1.78. The summed E-state index contributed by atoms with van der Waals surface area (Å²) in [6.07, 6.45) is 8.56. The molecule has 0 N–H and O–H groups in total. The highest BCUT2D eigenvalue weighted by Crippen LogP contribution is 2.62. The maximum absolute atomic E-state index is 14.1. The molecule has 0 radical (unpaired) electrons. The molecule has 2 bridgehead atoms. The van der Waals surface area contributed by atoms with Gasteiger partial charge in [-0.25, -0.2) is 13.2 Å². The lowest BCUT2D eigenvalue weighted by atomic mass is 9.49. The van der Waals surface area contributed by atoms with Crippen molar-refractivity contribution in [1.29, 1.82) is 0 Å². The van der Waals surface area contributed by atoms with Crippen LogP contribution in [-0.4, -0.2) is 56.7 Å².